The summed E-state index contributed by atoms with van der Waals surface area (Å²) in [6, 6.07) is 15.0. The molecule has 128 valence electrons. The van der Waals surface area contributed by atoms with Crippen LogP contribution < -0.4 is 4.74 Å². The van der Waals surface area contributed by atoms with Gasteiger partial charge in [-0.1, -0.05) is 35.4 Å². The molecule has 25 heavy (non-hydrogen) atoms. The lowest BCUT2D eigenvalue weighted by Gasteiger charge is -2.12. The molecule has 4 nitrogen and oxygen atoms in total. The zero-order chi connectivity index (χ0) is 18.0. The molecule has 0 aliphatic carbocycles. The fourth-order valence-corrected chi connectivity index (χ4v) is 4.12. The summed E-state index contributed by atoms with van der Waals surface area (Å²) >= 11 is 6.22. The second kappa shape index (κ2) is 6.86. The van der Waals surface area contributed by atoms with Gasteiger partial charge >= 0.3 is 0 Å². The SMILES string of the molecule is Cc1ccc(S(=O)(=O)c2cc(Oc3ccccn3)c(Cl)cc2C)cc1. The molecule has 1 aromatic heterocycles. The van der Waals surface area contributed by atoms with E-state index in [1.165, 1.54) is 6.07 Å². The third-order valence-electron chi connectivity index (χ3n) is 3.70. The van der Waals surface area contributed by atoms with Crippen LogP contribution in [-0.2, 0) is 9.84 Å². The highest BCUT2D eigenvalue weighted by Gasteiger charge is 2.22. The van der Waals surface area contributed by atoms with Gasteiger partial charge in [0.25, 0.3) is 0 Å². The van der Waals surface area contributed by atoms with Gasteiger partial charge in [-0.2, -0.15) is 0 Å². The fraction of sp³-hybridized carbons (Fsp3) is 0.105. The maximum Gasteiger partial charge on any atom is 0.219 e. The topological polar surface area (TPSA) is 56.3 Å². The highest BCUT2D eigenvalue weighted by Crippen LogP contribution is 2.35. The van der Waals surface area contributed by atoms with Crippen molar-refractivity contribution in [3.05, 3.63) is 76.9 Å². The lowest BCUT2D eigenvalue weighted by atomic mass is 10.2. The number of hydrogen-bond donors (Lipinski definition) is 0. The zero-order valence-corrected chi connectivity index (χ0v) is 15.3. The molecule has 3 aromatic rings. The molecule has 6 heteroatoms. The smallest absolute Gasteiger partial charge is 0.219 e. The van der Waals surface area contributed by atoms with Crippen molar-refractivity contribution in [1.82, 2.24) is 4.98 Å². The summed E-state index contributed by atoms with van der Waals surface area (Å²) in [4.78, 5) is 4.45. The summed E-state index contributed by atoms with van der Waals surface area (Å²) in [6.07, 6.45) is 1.58. The third kappa shape index (κ3) is 3.67. The van der Waals surface area contributed by atoms with Crippen molar-refractivity contribution in [3.63, 3.8) is 0 Å². The van der Waals surface area contributed by atoms with Crippen LogP contribution in [0.1, 0.15) is 11.1 Å². The molecule has 0 aliphatic rings. The van der Waals surface area contributed by atoms with Gasteiger partial charge in [-0.25, -0.2) is 13.4 Å². The molecule has 0 aliphatic heterocycles. The quantitative estimate of drug-likeness (QED) is 0.647. The van der Waals surface area contributed by atoms with E-state index in [0.29, 0.717) is 16.5 Å². The summed E-state index contributed by atoms with van der Waals surface area (Å²) in [7, 11) is -3.68. The molecule has 0 N–H and O–H groups in total. The monoisotopic (exact) mass is 373 g/mol. The van der Waals surface area contributed by atoms with Crippen molar-refractivity contribution in [3.8, 4) is 11.6 Å². The van der Waals surface area contributed by atoms with Gasteiger partial charge in [0.05, 0.1) is 14.8 Å². The van der Waals surface area contributed by atoms with Crippen molar-refractivity contribution < 1.29 is 13.2 Å². The lowest BCUT2D eigenvalue weighted by Crippen LogP contribution is -2.05. The van der Waals surface area contributed by atoms with Crippen molar-refractivity contribution >= 4 is 21.4 Å². The van der Waals surface area contributed by atoms with Gasteiger partial charge in [-0.15, -0.1) is 0 Å². The normalized spacial score (nSPS) is 11.3. The van der Waals surface area contributed by atoms with E-state index < -0.39 is 9.84 Å². The number of nitrogens with zero attached hydrogens (tertiary/aromatic N) is 1. The standard InChI is InChI=1S/C19H16ClNO3S/c1-13-6-8-15(9-7-13)25(22,23)18-12-17(16(20)11-14(18)2)24-19-5-3-4-10-21-19/h3-12H,1-2H3. The van der Waals surface area contributed by atoms with E-state index in [4.69, 9.17) is 16.3 Å². The lowest BCUT2D eigenvalue weighted by molar-refractivity contribution is 0.461. The minimum absolute atomic E-state index is 0.159. The van der Waals surface area contributed by atoms with Crippen LogP contribution in [0.4, 0.5) is 0 Å². The Hall–Kier alpha value is -2.37. The number of aryl methyl sites for hydroxylation is 2. The van der Waals surface area contributed by atoms with E-state index in [9.17, 15) is 8.42 Å². The highest BCUT2D eigenvalue weighted by atomic mass is 35.5. The largest absolute Gasteiger partial charge is 0.437 e. The Morgan fingerprint density at radius 3 is 2.36 bits per heavy atom. The molecular formula is C19H16ClNO3S. The minimum Gasteiger partial charge on any atom is -0.437 e. The Morgan fingerprint density at radius 2 is 1.72 bits per heavy atom. The molecule has 0 bridgehead atoms. The number of pyridine rings is 1. The third-order valence-corrected chi connectivity index (χ3v) is 5.91. The molecule has 0 saturated carbocycles. The first-order valence-corrected chi connectivity index (χ1v) is 9.45. The second-order valence-corrected chi connectivity index (χ2v) is 7.96. The van der Waals surface area contributed by atoms with Gasteiger partial charge < -0.3 is 4.74 Å². The Labute approximate surface area is 152 Å². The van der Waals surface area contributed by atoms with E-state index in [-0.39, 0.29) is 15.5 Å². The first kappa shape index (κ1) is 17.5. The van der Waals surface area contributed by atoms with Crippen molar-refractivity contribution in [2.24, 2.45) is 0 Å². The van der Waals surface area contributed by atoms with Crippen LogP contribution in [-0.4, -0.2) is 13.4 Å². The minimum atomic E-state index is -3.68. The van der Waals surface area contributed by atoms with Gasteiger partial charge in [0.1, 0.15) is 5.75 Å². The molecule has 0 fully saturated rings. The average Bonchev–Trinajstić information content (AvgIpc) is 2.58. The maximum atomic E-state index is 13.0. The van der Waals surface area contributed by atoms with Crippen molar-refractivity contribution in [2.45, 2.75) is 23.6 Å². The summed E-state index contributed by atoms with van der Waals surface area (Å²) in [5.74, 6) is 0.587. The summed E-state index contributed by atoms with van der Waals surface area (Å²) < 4.78 is 31.6. The summed E-state index contributed by atoms with van der Waals surface area (Å²) in [6.45, 7) is 3.61. The van der Waals surface area contributed by atoms with Gasteiger partial charge in [0.2, 0.25) is 15.7 Å². The molecule has 0 atom stereocenters. The predicted molar refractivity (Wildman–Crippen MR) is 97.1 cm³/mol. The molecule has 0 unspecified atom stereocenters. The van der Waals surface area contributed by atoms with E-state index in [2.05, 4.69) is 4.98 Å². The molecule has 0 amide bonds. The van der Waals surface area contributed by atoms with Crippen LogP contribution >= 0.6 is 11.6 Å². The van der Waals surface area contributed by atoms with E-state index in [0.717, 1.165) is 5.56 Å². The first-order valence-electron chi connectivity index (χ1n) is 7.59. The van der Waals surface area contributed by atoms with Crippen LogP contribution in [0, 0.1) is 13.8 Å². The van der Waals surface area contributed by atoms with Crippen LogP contribution in [0.2, 0.25) is 5.02 Å². The van der Waals surface area contributed by atoms with Gasteiger partial charge in [-0.3, -0.25) is 0 Å². The maximum absolute atomic E-state index is 13.0. The number of rotatable bonds is 4. The number of benzene rings is 2. The molecular weight excluding hydrogens is 358 g/mol. The number of sulfone groups is 1. The molecule has 0 saturated heterocycles. The Bertz CT molecular complexity index is 1000. The molecule has 1 heterocycles. The van der Waals surface area contributed by atoms with Gasteiger partial charge in [0, 0.05) is 18.3 Å². The Kier molecular flexibility index (Phi) is 4.79. The molecule has 3 rings (SSSR count). The van der Waals surface area contributed by atoms with E-state index >= 15 is 0 Å². The fourth-order valence-electron chi connectivity index (χ4n) is 2.37. The van der Waals surface area contributed by atoms with Crippen LogP contribution in [0.5, 0.6) is 11.6 Å². The molecule has 0 radical (unpaired) electrons. The second-order valence-electron chi connectivity index (χ2n) is 5.63. The van der Waals surface area contributed by atoms with Gasteiger partial charge in [0.15, 0.2) is 0 Å². The summed E-state index contributed by atoms with van der Waals surface area (Å²) in [5.41, 5.74) is 1.55. The first-order chi connectivity index (χ1) is 11.9. The Morgan fingerprint density at radius 1 is 1.00 bits per heavy atom. The average molecular weight is 374 g/mol. The number of halogens is 1. The highest BCUT2D eigenvalue weighted by molar-refractivity contribution is 7.91. The van der Waals surface area contributed by atoms with Crippen LogP contribution in [0.3, 0.4) is 0 Å². The Balaban J connectivity index is 2.07. The number of aromatic nitrogens is 1. The van der Waals surface area contributed by atoms with E-state index in [1.54, 1.807) is 61.7 Å². The summed E-state index contributed by atoms with van der Waals surface area (Å²) in [5, 5.41) is 0.325. The number of ether oxygens (including phenoxy) is 1. The predicted octanol–water partition coefficient (Wildman–Crippen LogP) is 4.98. The molecule has 2 aromatic carbocycles. The van der Waals surface area contributed by atoms with Crippen LogP contribution in [0.25, 0.3) is 0 Å². The zero-order valence-electron chi connectivity index (χ0n) is 13.7. The number of hydrogen-bond acceptors (Lipinski definition) is 4. The van der Waals surface area contributed by atoms with Crippen molar-refractivity contribution in [1.29, 1.82) is 0 Å². The van der Waals surface area contributed by atoms with E-state index in [1.807, 2.05) is 6.92 Å². The molecule has 0 spiro atoms. The van der Waals surface area contributed by atoms with Crippen molar-refractivity contribution in [2.75, 3.05) is 0 Å². The van der Waals surface area contributed by atoms with Crippen LogP contribution in [0.15, 0.2) is 70.6 Å². The van der Waals surface area contributed by atoms with Gasteiger partial charge in [-0.05, 0) is 43.7 Å².